The van der Waals surface area contributed by atoms with E-state index in [1.165, 1.54) is 22.0 Å². The van der Waals surface area contributed by atoms with Crippen LogP contribution in [0.15, 0.2) is 30.3 Å². The van der Waals surface area contributed by atoms with E-state index in [4.69, 9.17) is 5.73 Å². The Labute approximate surface area is 76.4 Å². The minimum atomic E-state index is 0.865. The van der Waals surface area contributed by atoms with Gasteiger partial charge in [0.15, 0.2) is 0 Å². The fraction of sp³-hybridized carbons (Fsp3) is 0.0909. The van der Waals surface area contributed by atoms with Crippen LogP contribution in [0.3, 0.4) is 0 Å². The van der Waals surface area contributed by atoms with E-state index < -0.39 is 0 Å². The first-order valence-corrected chi connectivity index (χ1v) is 4.40. The highest BCUT2D eigenvalue weighted by Crippen LogP contribution is 2.35. The summed E-state index contributed by atoms with van der Waals surface area (Å²) in [4.78, 5) is 0. The molecule has 3 N–H and O–H groups in total. The van der Waals surface area contributed by atoms with E-state index in [1.54, 1.807) is 0 Å². The molecule has 1 aliphatic heterocycles. The molecule has 13 heavy (non-hydrogen) atoms. The molecule has 0 saturated carbocycles. The summed E-state index contributed by atoms with van der Waals surface area (Å²) in [6.07, 6.45) is 0. The van der Waals surface area contributed by atoms with Crippen molar-refractivity contribution in [2.45, 2.75) is 6.54 Å². The molecule has 1 heterocycles. The Morgan fingerprint density at radius 3 is 3.00 bits per heavy atom. The summed E-state index contributed by atoms with van der Waals surface area (Å²) in [7, 11) is 0. The maximum atomic E-state index is 5.89. The molecular formula is C11H10N2. The molecule has 0 bridgehead atoms. The number of rotatable bonds is 0. The van der Waals surface area contributed by atoms with Crippen molar-refractivity contribution >= 4 is 22.1 Å². The molecule has 0 saturated heterocycles. The second-order valence-corrected chi connectivity index (χ2v) is 3.40. The van der Waals surface area contributed by atoms with Crippen LogP contribution in [0.4, 0.5) is 11.4 Å². The molecule has 2 nitrogen and oxygen atoms in total. The lowest BCUT2D eigenvalue weighted by atomic mass is 10.0. The predicted octanol–water partition coefficient (Wildman–Crippen LogP) is 2.35. The lowest BCUT2D eigenvalue weighted by Gasteiger charge is -2.03. The Balaban J connectivity index is 2.58. The minimum absolute atomic E-state index is 0.865. The van der Waals surface area contributed by atoms with E-state index in [9.17, 15) is 0 Å². The lowest BCUT2D eigenvalue weighted by molar-refractivity contribution is 1.22. The van der Waals surface area contributed by atoms with Crippen LogP contribution in [0.1, 0.15) is 5.56 Å². The zero-order chi connectivity index (χ0) is 8.84. The monoisotopic (exact) mass is 170 g/mol. The molecule has 2 aromatic rings. The van der Waals surface area contributed by atoms with Crippen molar-refractivity contribution in [3.05, 3.63) is 35.9 Å². The van der Waals surface area contributed by atoms with Crippen LogP contribution >= 0.6 is 0 Å². The molecule has 0 aliphatic carbocycles. The normalized spacial score (nSPS) is 13.2. The maximum absolute atomic E-state index is 5.89. The number of nitrogens with two attached hydrogens (primary N) is 1. The van der Waals surface area contributed by atoms with Crippen LogP contribution in [0.2, 0.25) is 0 Å². The summed E-state index contributed by atoms with van der Waals surface area (Å²) in [6.45, 7) is 0.927. The third kappa shape index (κ3) is 0.773. The van der Waals surface area contributed by atoms with Crippen molar-refractivity contribution in [1.82, 2.24) is 0 Å². The quantitative estimate of drug-likeness (QED) is 0.595. The van der Waals surface area contributed by atoms with Gasteiger partial charge in [0.2, 0.25) is 0 Å². The van der Waals surface area contributed by atoms with Gasteiger partial charge in [-0.05, 0) is 17.7 Å². The van der Waals surface area contributed by atoms with Crippen LogP contribution < -0.4 is 11.1 Å². The van der Waals surface area contributed by atoms with Gasteiger partial charge >= 0.3 is 0 Å². The van der Waals surface area contributed by atoms with E-state index in [2.05, 4.69) is 23.5 Å². The number of nitrogen functional groups attached to an aromatic ring is 1. The second-order valence-electron chi connectivity index (χ2n) is 3.40. The zero-order valence-electron chi connectivity index (χ0n) is 7.17. The first-order valence-electron chi connectivity index (χ1n) is 4.40. The molecule has 0 spiro atoms. The number of benzene rings is 2. The molecule has 3 rings (SSSR count). The minimum Gasteiger partial charge on any atom is -0.398 e. The number of hydrogen-bond donors (Lipinski definition) is 2. The molecule has 0 radical (unpaired) electrons. The number of anilines is 2. The van der Waals surface area contributed by atoms with E-state index in [0.29, 0.717) is 0 Å². The molecule has 0 unspecified atom stereocenters. The largest absolute Gasteiger partial charge is 0.398 e. The molecule has 2 aromatic carbocycles. The van der Waals surface area contributed by atoms with Crippen molar-refractivity contribution in [2.75, 3.05) is 11.1 Å². The maximum Gasteiger partial charge on any atom is 0.0427 e. The zero-order valence-corrected chi connectivity index (χ0v) is 7.17. The summed E-state index contributed by atoms with van der Waals surface area (Å²) >= 11 is 0. The highest BCUT2D eigenvalue weighted by Gasteiger charge is 2.13. The third-order valence-corrected chi connectivity index (χ3v) is 2.63. The van der Waals surface area contributed by atoms with Crippen molar-refractivity contribution in [1.29, 1.82) is 0 Å². The lowest BCUT2D eigenvalue weighted by Crippen LogP contribution is -1.88. The Morgan fingerprint density at radius 2 is 2.08 bits per heavy atom. The van der Waals surface area contributed by atoms with Crippen molar-refractivity contribution in [3.8, 4) is 0 Å². The van der Waals surface area contributed by atoms with Crippen LogP contribution in [-0.2, 0) is 6.54 Å². The van der Waals surface area contributed by atoms with E-state index in [0.717, 1.165) is 12.2 Å². The van der Waals surface area contributed by atoms with Crippen LogP contribution in [0.5, 0.6) is 0 Å². The summed E-state index contributed by atoms with van der Waals surface area (Å²) in [5, 5.41) is 5.81. The first kappa shape index (κ1) is 6.78. The fourth-order valence-corrected chi connectivity index (χ4v) is 1.99. The molecule has 0 atom stereocenters. The molecule has 1 aliphatic rings. The number of hydrogen-bond acceptors (Lipinski definition) is 2. The van der Waals surface area contributed by atoms with Gasteiger partial charge < -0.3 is 11.1 Å². The van der Waals surface area contributed by atoms with Gasteiger partial charge in [-0.25, -0.2) is 0 Å². The van der Waals surface area contributed by atoms with Crippen LogP contribution in [-0.4, -0.2) is 0 Å². The Hall–Kier alpha value is -1.70. The molecule has 2 heteroatoms. The van der Waals surface area contributed by atoms with Gasteiger partial charge in [-0.15, -0.1) is 0 Å². The Kier molecular flexibility index (Phi) is 1.13. The smallest absolute Gasteiger partial charge is 0.0427 e. The summed E-state index contributed by atoms with van der Waals surface area (Å²) in [5.74, 6) is 0. The summed E-state index contributed by atoms with van der Waals surface area (Å²) < 4.78 is 0. The Bertz CT molecular complexity index is 478. The second kappa shape index (κ2) is 2.16. The van der Waals surface area contributed by atoms with Gasteiger partial charge in [0, 0.05) is 28.7 Å². The van der Waals surface area contributed by atoms with Gasteiger partial charge in [0.05, 0.1) is 0 Å². The average molecular weight is 170 g/mol. The molecule has 0 fully saturated rings. The predicted molar refractivity (Wildman–Crippen MR) is 55.7 cm³/mol. The third-order valence-electron chi connectivity index (χ3n) is 2.63. The highest BCUT2D eigenvalue weighted by molar-refractivity contribution is 6.04. The van der Waals surface area contributed by atoms with Gasteiger partial charge in [-0.2, -0.15) is 0 Å². The van der Waals surface area contributed by atoms with E-state index in [1.807, 2.05) is 12.1 Å². The van der Waals surface area contributed by atoms with Crippen molar-refractivity contribution in [2.24, 2.45) is 0 Å². The van der Waals surface area contributed by atoms with Crippen molar-refractivity contribution in [3.63, 3.8) is 0 Å². The first-order chi connectivity index (χ1) is 6.36. The topological polar surface area (TPSA) is 38.0 Å². The van der Waals surface area contributed by atoms with Gasteiger partial charge in [0.25, 0.3) is 0 Å². The van der Waals surface area contributed by atoms with Crippen molar-refractivity contribution < 1.29 is 0 Å². The molecular weight excluding hydrogens is 160 g/mol. The van der Waals surface area contributed by atoms with Gasteiger partial charge in [0.1, 0.15) is 0 Å². The SMILES string of the molecule is Nc1ccc2c3c(cccc13)CN2. The molecule has 64 valence electrons. The number of nitrogens with one attached hydrogen (secondary N) is 1. The van der Waals surface area contributed by atoms with E-state index in [-0.39, 0.29) is 0 Å². The summed E-state index contributed by atoms with van der Waals surface area (Å²) in [5.41, 5.74) is 9.31. The van der Waals surface area contributed by atoms with Gasteiger partial charge in [-0.1, -0.05) is 18.2 Å². The highest BCUT2D eigenvalue weighted by atomic mass is 14.9. The Morgan fingerprint density at radius 1 is 1.15 bits per heavy atom. The van der Waals surface area contributed by atoms with E-state index >= 15 is 0 Å². The van der Waals surface area contributed by atoms with Crippen LogP contribution in [0.25, 0.3) is 10.8 Å². The standard InChI is InChI=1S/C11H10N2/c12-9-4-5-10-11-7(6-13-10)2-1-3-8(9)11/h1-5,13H,6,12H2. The van der Waals surface area contributed by atoms with Gasteiger partial charge in [-0.3, -0.25) is 0 Å². The summed E-state index contributed by atoms with van der Waals surface area (Å²) in [6, 6.07) is 10.3. The van der Waals surface area contributed by atoms with Crippen LogP contribution in [0, 0.1) is 0 Å². The fourth-order valence-electron chi connectivity index (χ4n) is 1.99. The molecule has 0 amide bonds. The average Bonchev–Trinajstić information content (AvgIpc) is 2.57. The molecule has 0 aromatic heterocycles.